The fraction of sp³-hybridized carbons (Fsp3) is 0.364. The Morgan fingerprint density at radius 2 is 1.89 bits per heavy atom. The van der Waals surface area contributed by atoms with Crippen LogP contribution in [0.4, 0.5) is 0 Å². The summed E-state index contributed by atoms with van der Waals surface area (Å²) in [6.07, 6.45) is 1.10. The number of amides is 2. The van der Waals surface area contributed by atoms with Gasteiger partial charge in [-0.3, -0.25) is 9.59 Å². The lowest BCUT2D eigenvalue weighted by Crippen LogP contribution is -2.41. The molecule has 27 heavy (non-hydrogen) atoms. The first-order valence-corrected chi connectivity index (χ1v) is 9.36. The van der Waals surface area contributed by atoms with Gasteiger partial charge in [-0.1, -0.05) is 42.0 Å². The molecule has 0 spiro atoms. The molecule has 1 aliphatic rings. The summed E-state index contributed by atoms with van der Waals surface area (Å²) < 4.78 is 5.64. The van der Waals surface area contributed by atoms with Crippen molar-refractivity contribution in [1.82, 2.24) is 10.2 Å². The SMILES string of the molecule is CC(=O)N1CCc2ccccc2C1CC(=O)NCCOc1ccc(C)cc1. The highest BCUT2D eigenvalue weighted by molar-refractivity contribution is 5.79. The highest BCUT2D eigenvalue weighted by Crippen LogP contribution is 2.32. The number of ether oxygens (including phenoxy) is 1. The second kappa shape index (κ2) is 8.71. The molecule has 2 aromatic carbocycles. The van der Waals surface area contributed by atoms with Crippen LogP contribution >= 0.6 is 0 Å². The first-order valence-electron chi connectivity index (χ1n) is 9.36. The largest absolute Gasteiger partial charge is 0.492 e. The molecule has 1 atom stereocenters. The highest BCUT2D eigenvalue weighted by atomic mass is 16.5. The highest BCUT2D eigenvalue weighted by Gasteiger charge is 2.30. The van der Waals surface area contributed by atoms with Crippen LogP contribution in [0.3, 0.4) is 0 Å². The zero-order chi connectivity index (χ0) is 19.2. The van der Waals surface area contributed by atoms with E-state index in [-0.39, 0.29) is 24.3 Å². The number of hydrogen-bond acceptors (Lipinski definition) is 3. The standard InChI is InChI=1S/C22H26N2O3/c1-16-7-9-19(10-8-16)27-14-12-23-22(26)15-21-20-6-4-3-5-18(20)11-13-24(21)17(2)25/h3-10,21H,11-15H2,1-2H3,(H,23,26). The van der Waals surface area contributed by atoms with Crippen LogP contribution in [0.15, 0.2) is 48.5 Å². The van der Waals surface area contributed by atoms with Crippen molar-refractivity contribution in [2.24, 2.45) is 0 Å². The predicted molar refractivity (Wildman–Crippen MR) is 105 cm³/mol. The van der Waals surface area contributed by atoms with Crippen molar-refractivity contribution in [2.45, 2.75) is 32.7 Å². The van der Waals surface area contributed by atoms with Crippen LogP contribution < -0.4 is 10.1 Å². The van der Waals surface area contributed by atoms with Crippen molar-refractivity contribution >= 4 is 11.8 Å². The number of nitrogens with zero attached hydrogens (tertiary/aromatic N) is 1. The average molecular weight is 366 g/mol. The molecule has 0 saturated heterocycles. The van der Waals surface area contributed by atoms with Gasteiger partial charge in [-0.2, -0.15) is 0 Å². The molecule has 1 heterocycles. The van der Waals surface area contributed by atoms with E-state index in [1.807, 2.05) is 49.4 Å². The first-order chi connectivity index (χ1) is 13.0. The van der Waals surface area contributed by atoms with E-state index in [0.717, 1.165) is 17.7 Å². The predicted octanol–water partition coefficient (Wildman–Crippen LogP) is 3.03. The summed E-state index contributed by atoms with van der Waals surface area (Å²) >= 11 is 0. The molecule has 0 fully saturated rings. The van der Waals surface area contributed by atoms with Gasteiger partial charge in [0, 0.05) is 13.5 Å². The topological polar surface area (TPSA) is 58.6 Å². The van der Waals surface area contributed by atoms with Gasteiger partial charge in [-0.15, -0.1) is 0 Å². The van der Waals surface area contributed by atoms with Crippen molar-refractivity contribution in [3.05, 3.63) is 65.2 Å². The van der Waals surface area contributed by atoms with Crippen molar-refractivity contribution in [3.8, 4) is 5.75 Å². The van der Waals surface area contributed by atoms with E-state index in [0.29, 0.717) is 19.7 Å². The van der Waals surface area contributed by atoms with E-state index in [2.05, 4.69) is 11.4 Å². The lowest BCUT2D eigenvalue weighted by atomic mass is 9.90. The Balaban J connectivity index is 1.54. The normalized spacial score (nSPS) is 15.8. The molecule has 3 rings (SSSR count). The van der Waals surface area contributed by atoms with Gasteiger partial charge >= 0.3 is 0 Å². The molecule has 0 bridgehead atoms. The summed E-state index contributed by atoms with van der Waals surface area (Å²) in [6.45, 7) is 5.08. The molecule has 0 radical (unpaired) electrons. The van der Waals surface area contributed by atoms with Crippen LogP contribution in [0.2, 0.25) is 0 Å². The van der Waals surface area contributed by atoms with Crippen molar-refractivity contribution < 1.29 is 14.3 Å². The van der Waals surface area contributed by atoms with Crippen molar-refractivity contribution in [2.75, 3.05) is 19.7 Å². The van der Waals surface area contributed by atoms with E-state index in [1.165, 1.54) is 11.1 Å². The number of benzene rings is 2. The number of nitrogens with one attached hydrogen (secondary N) is 1. The Labute approximate surface area is 160 Å². The maximum absolute atomic E-state index is 12.4. The minimum absolute atomic E-state index is 0.00464. The number of aryl methyl sites for hydroxylation is 1. The summed E-state index contributed by atoms with van der Waals surface area (Å²) in [6, 6.07) is 15.7. The van der Waals surface area contributed by atoms with Crippen molar-refractivity contribution in [1.29, 1.82) is 0 Å². The van der Waals surface area contributed by atoms with Crippen LogP contribution in [0, 0.1) is 6.92 Å². The third-order valence-corrected chi connectivity index (χ3v) is 4.91. The van der Waals surface area contributed by atoms with Gasteiger partial charge in [-0.05, 0) is 36.6 Å². The second-order valence-electron chi connectivity index (χ2n) is 6.89. The van der Waals surface area contributed by atoms with Gasteiger partial charge in [0.05, 0.1) is 19.0 Å². The quantitative estimate of drug-likeness (QED) is 0.800. The smallest absolute Gasteiger partial charge is 0.222 e. The van der Waals surface area contributed by atoms with Crippen LogP contribution in [-0.4, -0.2) is 36.4 Å². The summed E-state index contributed by atoms with van der Waals surface area (Å²) in [5.74, 6) is 0.722. The molecule has 1 N–H and O–H groups in total. The number of carbonyl (C=O) groups is 2. The maximum atomic E-state index is 12.4. The van der Waals surface area contributed by atoms with Gasteiger partial charge in [0.1, 0.15) is 12.4 Å². The van der Waals surface area contributed by atoms with Crippen LogP contribution in [-0.2, 0) is 16.0 Å². The number of carbonyl (C=O) groups excluding carboxylic acids is 2. The van der Waals surface area contributed by atoms with E-state index >= 15 is 0 Å². The summed E-state index contributed by atoms with van der Waals surface area (Å²) in [5, 5.41) is 2.90. The lowest BCUT2D eigenvalue weighted by molar-refractivity contribution is -0.133. The lowest BCUT2D eigenvalue weighted by Gasteiger charge is -2.36. The molecule has 2 amide bonds. The van der Waals surface area contributed by atoms with Crippen LogP contribution in [0.1, 0.15) is 36.1 Å². The monoisotopic (exact) mass is 366 g/mol. The van der Waals surface area contributed by atoms with E-state index in [1.54, 1.807) is 11.8 Å². The third-order valence-electron chi connectivity index (χ3n) is 4.91. The average Bonchev–Trinajstić information content (AvgIpc) is 2.66. The Bertz CT molecular complexity index is 801. The minimum atomic E-state index is -0.203. The summed E-state index contributed by atoms with van der Waals surface area (Å²) in [4.78, 5) is 26.3. The molecule has 0 aliphatic carbocycles. The minimum Gasteiger partial charge on any atom is -0.492 e. The Kier molecular flexibility index (Phi) is 6.12. The number of fused-ring (bicyclic) bond motifs is 1. The molecule has 142 valence electrons. The molecular weight excluding hydrogens is 340 g/mol. The molecule has 5 heteroatoms. The number of hydrogen-bond donors (Lipinski definition) is 1. The van der Waals surface area contributed by atoms with Gasteiger partial charge in [0.15, 0.2) is 0 Å². The van der Waals surface area contributed by atoms with Crippen LogP contribution in [0.25, 0.3) is 0 Å². The Hall–Kier alpha value is -2.82. The van der Waals surface area contributed by atoms with E-state index in [9.17, 15) is 9.59 Å². The van der Waals surface area contributed by atoms with Gasteiger partial charge < -0.3 is 15.0 Å². The van der Waals surface area contributed by atoms with E-state index < -0.39 is 0 Å². The molecule has 0 aromatic heterocycles. The fourth-order valence-corrected chi connectivity index (χ4v) is 3.49. The molecule has 5 nitrogen and oxygen atoms in total. The fourth-order valence-electron chi connectivity index (χ4n) is 3.49. The molecule has 1 aliphatic heterocycles. The first kappa shape index (κ1) is 19.0. The summed E-state index contributed by atoms with van der Waals surface area (Å²) in [7, 11) is 0. The zero-order valence-electron chi connectivity index (χ0n) is 15.9. The summed E-state index contributed by atoms with van der Waals surface area (Å²) in [5.41, 5.74) is 3.47. The van der Waals surface area contributed by atoms with Crippen LogP contribution in [0.5, 0.6) is 5.75 Å². The maximum Gasteiger partial charge on any atom is 0.222 e. The molecular formula is C22H26N2O3. The second-order valence-corrected chi connectivity index (χ2v) is 6.89. The van der Waals surface area contributed by atoms with Crippen molar-refractivity contribution in [3.63, 3.8) is 0 Å². The van der Waals surface area contributed by atoms with Gasteiger partial charge in [-0.25, -0.2) is 0 Å². The molecule has 1 unspecified atom stereocenters. The Morgan fingerprint density at radius 3 is 2.63 bits per heavy atom. The number of rotatable bonds is 6. The van der Waals surface area contributed by atoms with Gasteiger partial charge in [0.2, 0.25) is 11.8 Å². The zero-order valence-corrected chi connectivity index (χ0v) is 15.9. The van der Waals surface area contributed by atoms with E-state index in [4.69, 9.17) is 4.74 Å². The third kappa shape index (κ3) is 4.88. The molecule has 2 aromatic rings. The molecule has 0 saturated carbocycles. The van der Waals surface area contributed by atoms with Gasteiger partial charge in [0.25, 0.3) is 0 Å². The Morgan fingerprint density at radius 1 is 1.15 bits per heavy atom.